The molecule has 5 heteroatoms. The summed E-state index contributed by atoms with van der Waals surface area (Å²) >= 11 is 0. The highest BCUT2D eigenvalue weighted by atomic mass is 16.4. The third-order valence-electron chi connectivity index (χ3n) is 2.52. The van der Waals surface area contributed by atoms with Gasteiger partial charge in [-0.3, -0.25) is 4.79 Å². The number of rotatable bonds is 7. The lowest BCUT2D eigenvalue weighted by atomic mass is 10.0. The SMILES string of the molecule is CC(CN)CCC(=O)N[C@H](C(=O)O)C(C)C. The molecule has 5 nitrogen and oxygen atoms in total. The maximum absolute atomic E-state index is 11.5. The zero-order valence-electron chi connectivity index (χ0n) is 10.2. The molecule has 0 saturated carbocycles. The highest BCUT2D eigenvalue weighted by molar-refractivity contribution is 5.83. The molecular formula is C11H22N2O3. The Kier molecular flexibility index (Phi) is 6.72. The number of nitrogens with one attached hydrogen (secondary N) is 1. The van der Waals surface area contributed by atoms with E-state index in [1.54, 1.807) is 13.8 Å². The summed E-state index contributed by atoms with van der Waals surface area (Å²) in [5.74, 6) is -1.04. The summed E-state index contributed by atoms with van der Waals surface area (Å²) in [7, 11) is 0. The minimum absolute atomic E-state index is 0.117. The van der Waals surface area contributed by atoms with Gasteiger partial charge in [-0.1, -0.05) is 20.8 Å². The lowest BCUT2D eigenvalue weighted by Gasteiger charge is -2.18. The molecule has 4 N–H and O–H groups in total. The summed E-state index contributed by atoms with van der Waals surface area (Å²) in [5.41, 5.74) is 5.43. The van der Waals surface area contributed by atoms with Gasteiger partial charge in [0.05, 0.1) is 0 Å². The first kappa shape index (κ1) is 14.9. The number of carboxylic acid groups (broad SMARTS) is 1. The quantitative estimate of drug-likeness (QED) is 0.596. The van der Waals surface area contributed by atoms with E-state index in [4.69, 9.17) is 10.8 Å². The van der Waals surface area contributed by atoms with Crippen molar-refractivity contribution in [2.24, 2.45) is 17.6 Å². The minimum Gasteiger partial charge on any atom is -0.480 e. The second-order valence-electron chi connectivity index (χ2n) is 4.51. The molecule has 0 aromatic carbocycles. The van der Waals surface area contributed by atoms with Crippen molar-refractivity contribution in [2.75, 3.05) is 6.54 Å². The molecule has 0 spiro atoms. The van der Waals surface area contributed by atoms with Gasteiger partial charge < -0.3 is 16.2 Å². The maximum atomic E-state index is 11.5. The van der Waals surface area contributed by atoms with E-state index in [1.807, 2.05) is 6.92 Å². The molecule has 94 valence electrons. The lowest BCUT2D eigenvalue weighted by Crippen LogP contribution is -2.44. The molecule has 1 unspecified atom stereocenters. The normalized spacial score (nSPS) is 14.6. The van der Waals surface area contributed by atoms with E-state index in [1.165, 1.54) is 0 Å². The third-order valence-corrected chi connectivity index (χ3v) is 2.52. The molecule has 0 aliphatic heterocycles. The fourth-order valence-electron chi connectivity index (χ4n) is 1.25. The van der Waals surface area contributed by atoms with Crippen molar-refractivity contribution in [2.45, 2.75) is 39.7 Å². The molecule has 0 aliphatic carbocycles. The molecule has 0 radical (unpaired) electrons. The van der Waals surface area contributed by atoms with E-state index in [9.17, 15) is 9.59 Å². The van der Waals surface area contributed by atoms with E-state index in [0.29, 0.717) is 19.4 Å². The number of nitrogens with two attached hydrogens (primary N) is 1. The predicted molar refractivity (Wildman–Crippen MR) is 61.9 cm³/mol. The van der Waals surface area contributed by atoms with Gasteiger partial charge in [0.25, 0.3) is 0 Å². The first-order valence-electron chi connectivity index (χ1n) is 5.60. The zero-order valence-corrected chi connectivity index (χ0v) is 10.2. The molecule has 2 atom stereocenters. The van der Waals surface area contributed by atoms with Crippen LogP contribution >= 0.6 is 0 Å². The molecule has 0 aromatic heterocycles. The molecule has 0 fully saturated rings. The Morgan fingerprint density at radius 2 is 1.88 bits per heavy atom. The Bertz CT molecular complexity index is 241. The Balaban J connectivity index is 4.06. The van der Waals surface area contributed by atoms with Crippen molar-refractivity contribution in [1.29, 1.82) is 0 Å². The molecule has 16 heavy (non-hydrogen) atoms. The van der Waals surface area contributed by atoms with Gasteiger partial charge in [0.1, 0.15) is 6.04 Å². The highest BCUT2D eigenvalue weighted by Crippen LogP contribution is 2.06. The van der Waals surface area contributed by atoms with E-state index in [0.717, 1.165) is 0 Å². The van der Waals surface area contributed by atoms with Crippen LogP contribution in [0, 0.1) is 11.8 Å². The predicted octanol–water partition coefficient (Wildman–Crippen LogP) is 0.587. The van der Waals surface area contributed by atoms with Gasteiger partial charge in [0.2, 0.25) is 5.91 Å². The van der Waals surface area contributed by atoms with Gasteiger partial charge in [-0.15, -0.1) is 0 Å². The van der Waals surface area contributed by atoms with Crippen molar-refractivity contribution >= 4 is 11.9 Å². The average Bonchev–Trinajstić information content (AvgIpc) is 2.21. The molecule has 0 aromatic rings. The van der Waals surface area contributed by atoms with Gasteiger partial charge in [-0.25, -0.2) is 4.79 Å². The Hall–Kier alpha value is -1.10. The minimum atomic E-state index is -0.991. The Morgan fingerprint density at radius 1 is 1.31 bits per heavy atom. The second kappa shape index (κ2) is 7.22. The standard InChI is InChI=1S/C11H22N2O3/c1-7(2)10(11(15)16)13-9(14)5-4-8(3)6-12/h7-8,10H,4-6,12H2,1-3H3,(H,13,14)(H,15,16)/t8?,10-/m0/s1. The van der Waals surface area contributed by atoms with Crippen LogP contribution in [0.4, 0.5) is 0 Å². The summed E-state index contributed by atoms with van der Waals surface area (Å²) in [6, 6.07) is -0.805. The Morgan fingerprint density at radius 3 is 2.25 bits per heavy atom. The number of carbonyl (C=O) groups excluding carboxylic acids is 1. The number of carbonyl (C=O) groups is 2. The van der Waals surface area contributed by atoms with E-state index >= 15 is 0 Å². The summed E-state index contributed by atoms with van der Waals surface area (Å²) in [6.07, 6.45) is 1.02. The number of hydrogen-bond acceptors (Lipinski definition) is 3. The van der Waals surface area contributed by atoms with Crippen LogP contribution < -0.4 is 11.1 Å². The van der Waals surface area contributed by atoms with Crippen LogP contribution in [-0.2, 0) is 9.59 Å². The molecular weight excluding hydrogens is 208 g/mol. The molecule has 0 rings (SSSR count). The van der Waals surface area contributed by atoms with Gasteiger partial charge >= 0.3 is 5.97 Å². The van der Waals surface area contributed by atoms with Crippen molar-refractivity contribution in [3.8, 4) is 0 Å². The van der Waals surface area contributed by atoms with Crippen LogP contribution in [0.25, 0.3) is 0 Å². The van der Waals surface area contributed by atoms with E-state index in [-0.39, 0.29) is 17.7 Å². The van der Waals surface area contributed by atoms with Crippen molar-refractivity contribution in [3.63, 3.8) is 0 Å². The number of carboxylic acids is 1. The first-order valence-corrected chi connectivity index (χ1v) is 5.60. The van der Waals surface area contributed by atoms with Crippen LogP contribution in [0.5, 0.6) is 0 Å². The monoisotopic (exact) mass is 230 g/mol. The smallest absolute Gasteiger partial charge is 0.326 e. The van der Waals surface area contributed by atoms with Crippen molar-refractivity contribution in [3.05, 3.63) is 0 Å². The Labute approximate surface area is 96.4 Å². The molecule has 1 amide bonds. The maximum Gasteiger partial charge on any atom is 0.326 e. The number of amides is 1. The zero-order chi connectivity index (χ0) is 12.7. The van der Waals surface area contributed by atoms with E-state index < -0.39 is 12.0 Å². The second-order valence-corrected chi connectivity index (χ2v) is 4.51. The summed E-state index contributed by atoms with van der Waals surface area (Å²) in [6.45, 7) is 6.04. The average molecular weight is 230 g/mol. The molecule has 0 aliphatic rings. The fraction of sp³-hybridized carbons (Fsp3) is 0.818. The van der Waals surface area contributed by atoms with Gasteiger partial charge in [0, 0.05) is 6.42 Å². The van der Waals surface area contributed by atoms with Crippen LogP contribution in [0.2, 0.25) is 0 Å². The van der Waals surface area contributed by atoms with Crippen molar-refractivity contribution in [1.82, 2.24) is 5.32 Å². The largest absolute Gasteiger partial charge is 0.480 e. The van der Waals surface area contributed by atoms with Crippen LogP contribution in [0.1, 0.15) is 33.6 Å². The summed E-state index contributed by atoms with van der Waals surface area (Å²) in [4.78, 5) is 22.3. The van der Waals surface area contributed by atoms with Crippen LogP contribution in [-0.4, -0.2) is 29.6 Å². The van der Waals surface area contributed by atoms with Gasteiger partial charge in [-0.2, -0.15) is 0 Å². The lowest BCUT2D eigenvalue weighted by molar-refractivity contribution is -0.143. The topological polar surface area (TPSA) is 92.4 Å². The third kappa shape index (κ3) is 5.70. The molecule has 0 saturated heterocycles. The molecule has 0 bridgehead atoms. The van der Waals surface area contributed by atoms with Crippen LogP contribution in [0.3, 0.4) is 0 Å². The van der Waals surface area contributed by atoms with Crippen molar-refractivity contribution < 1.29 is 14.7 Å². The van der Waals surface area contributed by atoms with Crippen LogP contribution in [0.15, 0.2) is 0 Å². The fourth-order valence-corrected chi connectivity index (χ4v) is 1.25. The summed E-state index contributed by atoms with van der Waals surface area (Å²) in [5, 5.41) is 11.4. The van der Waals surface area contributed by atoms with Gasteiger partial charge in [0.15, 0.2) is 0 Å². The highest BCUT2D eigenvalue weighted by Gasteiger charge is 2.23. The summed E-state index contributed by atoms with van der Waals surface area (Å²) < 4.78 is 0. The van der Waals surface area contributed by atoms with Gasteiger partial charge in [-0.05, 0) is 24.8 Å². The van der Waals surface area contributed by atoms with E-state index in [2.05, 4.69) is 5.32 Å². The molecule has 0 heterocycles. The number of hydrogen-bond donors (Lipinski definition) is 3. The number of aliphatic carboxylic acids is 1. The first-order chi connectivity index (χ1) is 7.38.